The van der Waals surface area contributed by atoms with Gasteiger partial charge in [-0.3, -0.25) is 24.6 Å². The van der Waals surface area contributed by atoms with E-state index in [1.54, 1.807) is 24.3 Å². The van der Waals surface area contributed by atoms with Crippen LogP contribution in [-0.2, 0) is 11.2 Å². The molecule has 0 saturated heterocycles. The van der Waals surface area contributed by atoms with Crippen molar-refractivity contribution in [1.82, 2.24) is 14.9 Å². The van der Waals surface area contributed by atoms with E-state index in [4.69, 9.17) is 0 Å². The number of aromatic amines is 1. The molecule has 0 aliphatic carbocycles. The number of para-hydroxylation sites is 2. The molecule has 0 spiro atoms. The van der Waals surface area contributed by atoms with Crippen molar-refractivity contribution in [2.75, 3.05) is 5.32 Å². The molecule has 7 nitrogen and oxygen atoms in total. The summed E-state index contributed by atoms with van der Waals surface area (Å²) in [5.41, 5.74) is 2.93. The second-order valence-electron chi connectivity index (χ2n) is 7.32. The van der Waals surface area contributed by atoms with E-state index in [1.807, 2.05) is 54.6 Å². The van der Waals surface area contributed by atoms with Gasteiger partial charge in [-0.15, -0.1) is 0 Å². The predicted octanol–water partition coefficient (Wildman–Crippen LogP) is 3.41. The van der Waals surface area contributed by atoms with Crippen molar-refractivity contribution in [3.63, 3.8) is 0 Å². The molecule has 5 rings (SSSR count). The lowest BCUT2D eigenvalue weighted by molar-refractivity contribution is -0.120. The Hall–Kier alpha value is -4.26. The van der Waals surface area contributed by atoms with Gasteiger partial charge in [-0.1, -0.05) is 54.6 Å². The van der Waals surface area contributed by atoms with Crippen LogP contribution in [0.4, 0.5) is 5.95 Å². The SMILES string of the molecule is O=C(Nc1nc2ccccc2[nH]1)C(Cc1ccccc1)N1C(=O)c2ccccc2C1=O. The molecule has 3 amide bonds. The minimum absolute atomic E-state index is 0.193. The summed E-state index contributed by atoms with van der Waals surface area (Å²) in [6.07, 6.45) is 0.193. The summed E-state index contributed by atoms with van der Waals surface area (Å²) in [6, 6.07) is 22.3. The smallest absolute Gasteiger partial charge is 0.262 e. The van der Waals surface area contributed by atoms with Crippen LogP contribution < -0.4 is 5.32 Å². The van der Waals surface area contributed by atoms with Crippen molar-refractivity contribution >= 4 is 34.7 Å². The molecule has 0 fully saturated rings. The fourth-order valence-electron chi connectivity index (χ4n) is 3.84. The van der Waals surface area contributed by atoms with E-state index < -0.39 is 23.8 Å². The van der Waals surface area contributed by atoms with Gasteiger partial charge >= 0.3 is 0 Å². The summed E-state index contributed by atoms with van der Waals surface area (Å²) < 4.78 is 0. The minimum Gasteiger partial charge on any atom is -0.324 e. The topological polar surface area (TPSA) is 95.2 Å². The van der Waals surface area contributed by atoms with Crippen LogP contribution in [0.5, 0.6) is 0 Å². The van der Waals surface area contributed by atoms with Crippen LogP contribution in [0.1, 0.15) is 26.3 Å². The number of imidazole rings is 1. The highest BCUT2D eigenvalue weighted by atomic mass is 16.2. The number of aromatic nitrogens is 2. The number of nitrogens with one attached hydrogen (secondary N) is 2. The zero-order valence-corrected chi connectivity index (χ0v) is 16.4. The van der Waals surface area contributed by atoms with Gasteiger partial charge in [0.2, 0.25) is 11.9 Å². The molecule has 1 aliphatic heterocycles. The first-order valence-electron chi connectivity index (χ1n) is 9.88. The fraction of sp³-hybridized carbons (Fsp3) is 0.0833. The summed E-state index contributed by atoms with van der Waals surface area (Å²) >= 11 is 0. The molecule has 1 unspecified atom stereocenters. The summed E-state index contributed by atoms with van der Waals surface area (Å²) in [6.45, 7) is 0. The van der Waals surface area contributed by atoms with Gasteiger partial charge in [-0.2, -0.15) is 0 Å². The molecule has 0 bridgehead atoms. The van der Waals surface area contributed by atoms with Crippen LogP contribution in [0.3, 0.4) is 0 Å². The van der Waals surface area contributed by atoms with Gasteiger partial charge in [-0.05, 0) is 29.8 Å². The Morgan fingerprint density at radius 3 is 2.16 bits per heavy atom. The third kappa shape index (κ3) is 3.36. The van der Waals surface area contributed by atoms with Gasteiger partial charge in [0.05, 0.1) is 22.2 Å². The number of H-pyrrole nitrogens is 1. The molecule has 7 heteroatoms. The Morgan fingerprint density at radius 1 is 0.871 bits per heavy atom. The van der Waals surface area contributed by atoms with Crippen LogP contribution in [0.25, 0.3) is 11.0 Å². The number of benzene rings is 3. The first-order chi connectivity index (χ1) is 15.1. The van der Waals surface area contributed by atoms with Crippen LogP contribution in [0.15, 0.2) is 78.9 Å². The molecule has 1 atom stereocenters. The van der Waals surface area contributed by atoms with Crippen LogP contribution in [0.2, 0.25) is 0 Å². The van der Waals surface area contributed by atoms with E-state index in [0.717, 1.165) is 16.0 Å². The molecule has 31 heavy (non-hydrogen) atoms. The number of carbonyl (C=O) groups excluding carboxylic acids is 3. The van der Waals surface area contributed by atoms with Crippen molar-refractivity contribution in [3.05, 3.63) is 95.6 Å². The Morgan fingerprint density at radius 2 is 1.48 bits per heavy atom. The maximum absolute atomic E-state index is 13.3. The molecule has 3 aromatic carbocycles. The van der Waals surface area contributed by atoms with Gasteiger partial charge in [-0.25, -0.2) is 4.98 Å². The highest BCUT2D eigenvalue weighted by Crippen LogP contribution is 2.26. The molecule has 152 valence electrons. The van der Waals surface area contributed by atoms with E-state index in [0.29, 0.717) is 16.6 Å². The van der Waals surface area contributed by atoms with Crippen molar-refractivity contribution in [3.8, 4) is 0 Å². The molecule has 1 aromatic heterocycles. The monoisotopic (exact) mass is 410 g/mol. The Bertz CT molecular complexity index is 1240. The summed E-state index contributed by atoms with van der Waals surface area (Å²) in [7, 11) is 0. The molecule has 0 saturated carbocycles. The molecular formula is C24H18N4O3. The number of anilines is 1. The first kappa shape index (κ1) is 18.7. The number of carbonyl (C=O) groups is 3. The maximum Gasteiger partial charge on any atom is 0.262 e. The first-order valence-corrected chi connectivity index (χ1v) is 9.88. The molecule has 4 aromatic rings. The number of fused-ring (bicyclic) bond motifs is 2. The second-order valence-corrected chi connectivity index (χ2v) is 7.32. The third-order valence-electron chi connectivity index (χ3n) is 5.34. The van der Waals surface area contributed by atoms with Crippen molar-refractivity contribution in [2.45, 2.75) is 12.5 Å². The number of nitrogens with zero attached hydrogens (tertiary/aromatic N) is 2. The largest absolute Gasteiger partial charge is 0.324 e. The van der Waals surface area contributed by atoms with Gasteiger partial charge in [0.15, 0.2) is 0 Å². The van der Waals surface area contributed by atoms with Gasteiger partial charge in [0.25, 0.3) is 11.8 Å². The number of imide groups is 1. The van der Waals surface area contributed by atoms with Crippen LogP contribution in [-0.4, -0.2) is 38.6 Å². The Kier molecular flexibility index (Phi) is 4.55. The highest BCUT2D eigenvalue weighted by Gasteiger charge is 2.42. The van der Waals surface area contributed by atoms with Gasteiger partial charge < -0.3 is 4.98 Å². The minimum atomic E-state index is -1.02. The summed E-state index contributed by atoms with van der Waals surface area (Å²) in [4.78, 5) is 47.8. The van der Waals surface area contributed by atoms with E-state index in [1.165, 1.54) is 0 Å². The third-order valence-corrected chi connectivity index (χ3v) is 5.34. The lowest BCUT2D eigenvalue weighted by Crippen LogP contribution is -2.48. The zero-order chi connectivity index (χ0) is 21.4. The zero-order valence-electron chi connectivity index (χ0n) is 16.4. The van der Waals surface area contributed by atoms with E-state index in [9.17, 15) is 14.4 Å². The van der Waals surface area contributed by atoms with Crippen molar-refractivity contribution in [1.29, 1.82) is 0 Å². The average molecular weight is 410 g/mol. The average Bonchev–Trinajstić information content (AvgIpc) is 3.31. The van der Waals surface area contributed by atoms with Crippen LogP contribution in [0, 0.1) is 0 Å². The normalized spacial score (nSPS) is 14.0. The quantitative estimate of drug-likeness (QED) is 0.493. The van der Waals surface area contributed by atoms with E-state index in [2.05, 4.69) is 15.3 Å². The number of hydrogen-bond acceptors (Lipinski definition) is 4. The molecule has 2 N–H and O–H groups in total. The number of rotatable bonds is 5. The molecule has 1 aliphatic rings. The fourth-order valence-corrected chi connectivity index (χ4v) is 3.84. The highest BCUT2D eigenvalue weighted by molar-refractivity contribution is 6.23. The van der Waals surface area contributed by atoms with Crippen molar-refractivity contribution < 1.29 is 14.4 Å². The molecule has 0 radical (unpaired) electrons. The van der Waals surface area contributed by atoms with Crippen LogP contribution >= 0.6 is 0 Å². The maximum atomic E-state index is 13.3. The van der Waals surface area contributed by atoms with Gasteiger partial charge in [0.1, 0.15) is 6.04 Å². The second kappa shape index (κ2) is 7.53. The lowest BCUT2D eigenvalue weighted by atomic mass is 10.0. The lowest BCUT2D eigenvalue weighted by Gasteiger charge is -2.25. The standard InChI is InChI=1S/C24H18N4O3/c29-21(27-24-25-18-12-6-7-13-19(18)26-24)20(14-15-8-2-1-3-9-15)28-22(30)16-10-4-5-11-17(16)23(28)31/h1-13,20H,14H2,(H2,25,26,27,29). The number of hydrogen-bond donors (Lipinski definition) is 2. The Labute approximate surface area is 177 Å². The van der Waals surface area contributed by atoms with Crippen molar-refractivity contribution in [2.24, 2.45) is 0 Å². The van der Waals surface area contributed by atoms with E-state index in [-0.39, 0.29) is 12.4 Å². The van der Waals surface area contributed by atoms with Gasteiger partial charge in [0, 0.05) is 6.42 Å². The summed E-state index contributed by atoms with van der Waals surface area (Å²) in [5, 5.41) is 2.74. The van der Waals surface area contributed by atoms with E-state index >= 15 is 0 Å². The summed E-state index contributed by atoms with van der Waals surface area (Å²) in [5.74, 6) is -1.17. The predicted molar refractivity (Wildman–Crippen MR) is 116 cm³/mol. The Balaban J connectivity index is 1.49. The molecular weight excluding hydrogens is 392 g/mol. The molecule has 2 heterocycles. The number of amides is 3.